The van der Waals surface area contributed by atoms with Gasteiger partial charge in [-0.2, -0.15) is 0 Å². The molecule has 0 fully saturated rings. The number of halogens is 4. The van der Waals surface area contributed by atoms with Gasteiger partial charge >= 0.3 is 0 Å². The van der Waals surface area contributed by atoms with Crippen LogP contribution in [-0.2, 0) is 9.23 Å². The predicted molar refractivity (Wildman–Crippen MR) is 62.0 cm³/mol. The van der Waals surface area contributed by atoms with Crippen molar-refractivity contribution in [2.75, 3.05) is 0 Å². The van der Waals surface area contributed by atoms with E-state index in [1.54, 1.807) is 12.1 Å². The molecule has 1 heterocycles. The predicted octanol–water partition coefficient (Wildman–Crippen LogP) is 3.27. The molecule has 0 saturated carbocycles. The van der Waals surface area contributed by atoms with Gasteiger partial charge < -0.3 is 0 Å². The van der Waals surface area contributed by atoms with Gasteiger partial charge in [-0.3, -0.25) is 9.78 Å². The molecule has 0 aliphatic heterocycles. The van der Waals surface area contributed by atoms with Crippen molar-refractivity contribution in [3.05, 3.63) is 28.5 Å². The second kappa shape index (κ2) is 7.59. The molecule has 0 bridgehead atoms. The highest BCUT2D eigenvalue weighted by Crippen LogP contribution is 2.08. The topological polar surface area (TPSA) is 47.0 Å². The van der Waals surface area contributed by atoms with E-state index in [9.17, 15) is 4.79 Å². The van der Waals surface area contributed by atoms with Gasteiger partial charge in [-0.15, -0.1) is 0 Å². The maximum atomic E-state index is 10.4. The summed E-state index contributed by atoms with van der Waals surface area (Å²) in [6, 6.07) is 3.27. The quantitative estimate of drug-likeness (QED) is 0.738. The Balaban J connectivity index is 0.000000364. The van der Waals surface area contributed by atoms with E-state index in [1.165, 1.54) is 6.20 Å². The van der Waals surface area contributed by atoms with Crippen LogP contribution in [0.2, 0.25) is 0 Å². The summed E-state index contributed by atoms with van der Waals surface area (Å²) in [4.78, 5) is 14.2. The zero-order chi connectivity index (χ0) is 11.1. The number of aromatic nitrogens is 1. The van der Waals surface area contributed by atoms with Gasteiger partial charge in [0, 0.05) is 32.0 Å². The number of pyridine rings is 1. The van der Waals surface area contributed by atoms with E-state index < -0.39 is 14.5 Å². The average Bonchev–Trinajstić information content (AvgIpc) is 2.03. The Hall–Kier alpha value is 0.320. The highest BCUT2D eigenvalue weighted by molar-refractivity contribution is 9.10. The summed E-state index contributed by atoms with van der Waals surface area (Å²) >= 11 is 8.32. The molecular formula is C6H3BrCl3NO2S. The van der Waals surface area contributed by atoms with Crippen molar-refractivity contribution in [1.82, 2.24) is 4.98 Å². The average molecular weight is 339 g/mol. The van der Waals surface area contributed by atoms with Crippen LogP contribution in [0.25, 0.3) is 0 Å². The van der Waals surface area contributed by atoms with Gasteiger partial charge in [-0.25, -0.2) is 4.21 Å². The largest absolute Gasteiger partial charge is 0.274 e. The first-order valence-electron chi connectivity index (χ1n) is 2.99. The second-order valence-corrected chi connectivity index (χ2v) is 5.60. The first-order chi connectivity index (χ1) is 6.43. The molecule has 0 radical (unpaired) electrons. The Morgan fingerprint density at radius 2 is 1.93 bits per heavy atom. The van der Waals surface area contributed by atoms with E-state index in [2.05, 4.69) is 42.3 Å². The molecule has 8 heteroatoms. The maximum absolute atomic E-state index is 10.4. The molecule has 0 aromatic carbocycles. The minimum Gasteiger partial charge on any atom is -0.274 e. The van der Waals surface area contributed by atoms with Crippen molar-refractivity contribution in [3.8, 4) is 0 Å². The second-order valence-electron chi connectivity index (χ2n) is 1.82. The van der Waals surface area contributed by atoms with E-state index in [0.717, 1.165) is 4.47 Å². The molecule has 0 saturated heterocycles. The number of hydrogen-bond donors (Lipinski definition) is 0. The van der Waals surface area contributed by atoms with E-state index in [1.807, 2.05) is 0 Å². The highest BCUT2D eigenvalue weighted by Gasteiger charge is 2.00. The molecule has 0 unspecified atom stereocenters. The standard InChI is InChI=1S/C6H3BrClNO.Cl2OS/c7-4-1-2-5(6(8)10)9-3-4;1-4(2)3/h1-3H;. The van der Waals surface area contributed by atoms with Crippen LogP contribution >= 0.6 is 48.9 Å². The monoisotopic (exact) mass is 337 g/mol. The zero-order valence-electron chi connectivity index (χ0n) is 6.42. The van der Waals surface area contributed by atoms with Gasteiger partial charge in [0.2, 0.25) is 9.23 Å². The number of hydrogen-bond acceptors (Lipinski definition) is 3. The van der Waals surface area contributed by atoms with Crippen molar-refractivity contribution in [2.24, 2.45) is 0 Å². The smallest absolute Gasteiger partial charge is 0.270 e. The van der Waals surface area contributed by atoms with E-state index in [0.29, 0.717) is 0 Å². The summed E-state index contributed by atoms with van der Waals surface area (Å²) in [5.74, 6) is 0. The van der Waals surface area contributed by atoms with Gasteiger partial charge in [0.1, 0.15) is 5.69 Å². The molecule has 1 aromatic heterocycles. The third-order valence-corrected chi connectivity index (χ3v) is 1.59. The van der Waals surface area contributed by atoms with Crippen LogP contribution in [0.4, 0.5) is 0 Å². The molecule has 0 spiro atoms. The van der Waals surface area contributed by atoms with Gasteiger partial charge in [0.05, 0.1) is 0 Å². The Bertz CT molecular complexity index is 328. The van der Waals surface area contributed by atoms with Crippen LogP contribution in [0.5, 0.6) is 0 Å². The third kappa shape index (κ3) is 7.70. The lowest BCUT2D eigenvalue weighted by Crippen LogP contribution is -1.91. The van der Waals surface area contributed by atoms with Crippen LogP contribution in [-0.4, -0.2) is 14.4 Å². The zero-order valence-corrected chi connectivity index (χ0v) is 11.1. The molecule has 0 N–H and O–H groups in total. The van der Waals surface area contributed by atoms with Crippen LogP contribution in [0.1, 0.15) is 10.5 Å². The summed E-state index contributed by atoms with van der Waals surface area (Å²) in [5.41, 5.74) is 0.268. The fraction of sp³-hybridized carbons (Fsp3) is 0. The first-order valence-corrected chi connectivity index (χ1v) is 6.96. The lowest BCUT2D eigenvalue weighted by Gasteiger charge is -1.90. The minimum absolute atomic E-state index is 0.268. The summed E-state index contributed by atoms with van der Waals surface area (Å²) in [5, 5.41) is -0.535. The van der Waals surface area contributed by atoms with Crippen molar-refractivity contribution in [2.45, 2.75) is 0 Å². The Morgan fingerprint density at radius 3 is 2.21 bits per heavy atom. The molecule has 14 heavy (non-hydrogen) atoms. The van der Waals surface area contributed by atoms with Crippen molar-refractivity contribution in [3.63, 3.8) is 0 Å². The third-order valence-electron chi connectivity index (χ3n) is 0.929. The molecule has 1 rings (SSSR count). The lowest BCUT2D eigenvalue weighted by atomic mass is 10.4. The Morgan fingerprint density at radius 1 is 1.43 bits per heavy atom. The fourth-order valence-electron chi connectivity index (χ4n) is 0.492. The Kier molecular flexibility index (Phi) is 7.76. The van der Waals surface area contributed by atoms with Crippen molar-refractivity contribution < 1.29 is 9.00 Å². The van der Waals surface area contributed by atoms with Crippen LogP contribution in [0, 0.1) is 0 Å². The van der Waals surface area contributed by atoms with Gasteiger partial charge in [-0.1, -0.05) is 0 Å². The van der Waals surface area contributed by atoms with Crippen LogP contribution in [0.15, 0.2) is 22.8 Å². The van der Waals surface area contributed by atoms with Gasteiger partial charge in [-0.05, 0) is 39.7 Å². The molecule has 0 atom stereocenters. The van der Waals surface area contributed by atoms with Gasteiger partial charge in [0.25, 0.3) is 5.24 Å². The maximum Gasteiger partial charge on any atom is 0.270 e. The molecule has 0 aliphatic carbocycles. The van der Waals surface area contributed by atoms with E-state index >= 15 is 0 Å². The number of rotatable bonds is 1. The summed E-state index contributed by atoms with van der Waals surface area (Å²) in [6.07, 6.45) is 1.52. The molecule has 1 aromatic rings. The highest BCUT2D eigenvalue weighted by atomic mass is 79.9. The van der Waals surface area contributed by atoms with Crippen LogP contribution in [0.3, 0.4) is 0 Å². The number of carbonyl (C=O) groups is 1. The number of carbonyl (C=O) groups excluding carboxylic acids is 1. The molecule has 78 valence electrons. The fourth-order valence-corrected chi connectivity index (χ4v) is 0.838. The van der Waals surface area contributed by atoms with Crippen molar-refractivity contribution in [1.29, 1.82) is 0 Å². The van der Waals surface area contributed by atoms with E-state index in [4.69, 9.17) is 15.8 Å². The summed E-state index contributed by atoms with van der Waals surface area (Å²) in [7, 11) is 7.36. The normalized spacial score (nSPS) is 9.21. The Labute approximate surface area is 105 Å². The summed E-state index contributed by atoms with van der Waals surface area (Å²) in [6.45, 7) is 0. The van der Waals surface area contributed by atoms with E-state index in [-0.39, 0.29) is 5.69 Å². The SMILES string of the molecule is O=C(Cl)c1ccc(Br)cn1.O=S(Cl)Cl. The summed E-state index contributed by atoms with van der Waals surface area (Å²) < 4.78 is 9.91. The van der Waals surface area contributed by atoms with Gasteiger partial charge in [0.15, 0.2) is 0 Å². The number of nitrogens with zero attached hydrogens (tertiary/aromatic N) is 1. The molecule has 3 nitrogen and oxygen atoms in total. The first kappa shape index (κ1) is 14.3. The molecule has 0 aliphatic rings. The molecular weight excluding hydrogens is 336 g/mol. The molecule has 0 amide bonds. The van der Waals surface area contributed by atoms with Crippen LogP contribution < -0.4 is 0 Å². The van der Waals surface area contributed by atoms with Crippen molar-refractivity contribution >= 4 is 63.4 Å². The minimum atomic E-state index is -1.67. The lowest BCUT2D eigenvalue weighted by molar-refractivity contribution is 0.107.